The fourth-order valence-electron chi connectivity index (χ4n) is 3.92. The quantitative estimate of drug-likeness (QED) is 0.325. The first-order valence-corrected chi connectivity index (χ1v) is 12.4. The highest BCUT2D eigenvalue weighted by Gasteiger charge is 2.54. The first-order chi connectivity index (χ1) is 14.7. The van der Waals surface area contributed by atoms with Gasteiger partial charge in [0.2, 0.25) is 0 Å². The minimum Gasteiger partial charge on any atom is -0.388 e. The van der Waals surface area contributed by atoms with E-state index in [4.69, 9.17) is 15.0 Å². The van der Waals surface area contributed by atoms with Crippen LogP contribution in [0.25, 0.3) is 0 Å². The normalized spacial score (nSPS) is 28.8. The smallest absolute Gasteiger partial charge is 0.359 e. The van der Waals surface area contributed by atoms with Gasteiger partial charge in [0.25, 0.3) is 0 Å². The fraction of sp³-hybridized carbons (Fsp3) is 0.800. The molecular formula is C20H36N3O8P. The van der Waals surface area contributed by atoms with Crippen LogP contribution >= 0.6 is 7.60 Å². The van der Waals surface area contributed by atoms with Gasteiger partial charge in [-0.15, -0.1) is 0 Å². The molecule has 1 aliphatic rings. The van der Waals surface area contributed by atoms with Crippen LogP contribution in [-0.4, -0.2) is 59.0 Å². The summed E-state index contributed by atoms with van der Waals surface area (Å²) in [6.07, 6.45) is -3.49. The van der Waals surface area contributed by atoms with Crippen LogP contribution in [0.15, 0.2) is 11.0 Å². The van der Waals surface area contributed by atoms with E-state index < -0.39 is 54.7 Å². The Labute approximate surface area is 187 Å². The number of aromatic nitrogens is 2. The Kier molecular flexibility index (Phi) is 7.99. The highest BCUT2D eigenvalue weighted by molar-refractivity contribution is 7.54. The van der Waals surface area contributed by atoms with Crippen molar-refractivity contribution in [2.45, 2.75) is 96.3 Å². The maximum Gasteiger partial charge on any atom is 0.359 e. The molecule has 1 aromatic heterocycles. The molecular weight excluding hydrogens is 441 g/mol. The predicted octanol–water partition coefficient (Wildman–Crippen LogP) is 1.27. The zero-order valence-electron chi connectivity index (χ0n) is 19.4. The van der Waals surface area contributed by atoms with Crippen molar-refractivity contribution < 1.29 is 34.0 Å². The molecule has 6 N–H and O–H groups in total. The third-order valence-electron chi connectivity index (χ3n) is 6.87. The van der Waals surface area contributed by atoms with Gasteiger partial charge in [-0.1, -0.05) is 27.7 Å². The SMILES string of the molecule is CCC(C)(OP(=O)(O)C(O)(CC)CC)C(C)[C@H]1O[C@@H](n2cc(C)c(N)nc2=O)[C@H](O)[C@@H]1O. The van der Waals surface area contributed by atoms with Crippen molar-refractivity contribution in [3.05, 3.63) is 22.2 Å². The topological polar surface area (TPSA) is 177 Å². The molecule has 184 valence electrons. The molecule has 0 bridgehead atoms. The summed E-state index contributed by atoms with van der Waals surface area (Å²) in [5.74, 6) is -0.659. The van der Waals surface area contributed by atoms with Crippen LogP contribution in [0.4, 0.5) is 5.82 Å². The summed E-state index contributed by atoms with van der Waals surface area (Å²) in [5.41, 5.74) is 4.10. The van der Waals surface area contributed by atoms with E-state index in [-0.39, 0.29) is 25.1 Å². The van der Waals surface area contributed by atoms with Crippen molar-refractivity contribution in [2.24, 2.45) is 5.92 Å². The van der Waals surface area contributed by atoms with E-state index in [0.29, 0.717) is 5.56 Å². The van der Waals surface area contributed by atoms with E-state index in [9.17, 15) is 29.6 Å². The summed E-state index contributed by atoms with van der Waals surface area (Å²) < 4.78 is 25.6. The minimum atomic E-state index is -4.50. The molecule has 1 fully saturated rings. The monoisotopic (exact) mass is 477 g/mol. The van der Waals surface area contributed by atoms with E-state index >= 15 is 0 Å². The molecule has 7 atom stereocenters. The molecule has 0 spiro atoms. The predicted molar refractivity (Wildman–Crippen MR) is 118 cm³/mol. The second-order valence-electron chi connectivity index (χ2n) is 8.73. The Bertz CT molecular complexity index is 921. The number of rotatable bonds is 9. The zero-order valence-corrected chi connectivity index (χ0v) is 20.3. The molecule has 12 heteroatoms. The van der Waals surface area contributed by atoms with Crippen molar-refractivity contribution in [2.75, 3.05) is 5.73 Å². The fourth-order valence-corrected chi connectivity index (χ4v) is 5.75. The summed E-state index contributed by atoms with van der Waals surface area (Å²) in [5, 5.41) is 30.0. The maximum absolute atomic E-state index is 13.0. The van der Waals surface area contributed by atoms with Crippen LogP contribution in [0.2, 0.25) is 0 Å². The third kappa shape index (κ3) is 4.65. The molecule has 32 heavy (non-hydrogen) atoms. The number of aliphatic hydroxyl groups excluding tert-OH is 2. The molecule has 2 heterocycles. The first-order valence-electron chi connectivity index (χ1n) is 10.8. The molecule has 0 radical (unpaired) electrons. The number of nitrogen functional groups attached to an aromatic ring is 1. The number of hydrogen-bond donors (Lipinski definition) is 5. The molecule has 1 saturated heterocycles. The Morgan fingerprint density at radius 3 is 2.34 bits per heavy atom. The second-order valence-corrected chi connectivity index (χ2v) is 10.8. The summed E-state index contributed by atoms with van der Waals surface area (Å²) in [6, 6.07) is 0. The molecule has 1 aliphatic heterocycles. The summed E-state index contributed by atoms with van der Waals surface area (Å²) >= 11 is 0. The number of hydrogen-bond acceptors (Lipinski definition) is 9. The minimum absolute atomic E-state index is 0.0151. The molecule has 11 nitrogen and oxygen atoms in total. The molecule has 0 aliphatic carbocycles. The second kappa shape index (κ2) is 9.50. The molecule has 0 amide bonds. The largest absolute Gasteiger partial charge is 0.388 e. The summed E-state index contributed by atoms with van der Waals surface area (Å²) in [7, 11) is -4.50. The van der Waals surface area contributed by atoms with Crippen molar-refractivity contribution in [3.8, 4) is 0 Å². The summed E-state index contributed by atoms with van der Waals surface area (Å²) in [6.45, 7) is 9.79. The van der Waals surface area contributed by atoms with E-state index in [2.05, 4.69) is 4.98 Å². The Balaban J connectivity index is 2.36. The van der Waals surface area contributed by atoms with E-state index in [1.54, 1.807) is 41.5 Å². The lowest BCUT2D eigenvalue weighted by molar-refractivity contribution is -0.108. The van der Waals surface area contributed by atoms with Gasteiger partial charge in [-0.05, 0) is 33.1 Å². The van der Waals surface area contributed by atoms with Crippen LogP contribution in [-0.2, 0) is 13.8 Å². The molecule has 1 aromatic rings. The number of aliphatic hydroxyl groups is 3. The number of nitrogens with two attached hydrogens (primary N) is 1. The Morgan fingerprint density at radius 2 is 1.84 bits per heavy atom. The number of ether oxygens (including phenoxy) is 1. The lowest BCUT2D eigenvalue weighted by Gasteiger charge is -2.42. The van der Waals surface area contributed by atoms with E-state index in [0.717, 1.165) is 4.57 Å². The highest BCUT2D eigenvalue weighted by Crippen LogP contribution is 2.61. The Hall–Kier alpha value is -1.33. The first kappa shape index (κ1) is 26.9. The van der Waals surface area contributed by atoms with Gasteiger partial charge in [-0.25, -0.2) is 4.79 Å². The molecule has 0 aromatic carbocycles. The zero-order chi connectivity index (χ0) is 24.6. The van der Waals surface area contributed by atoms with Gasteiger partial charge < -0.3 is 30.7 Å². The van der Waals surface area contributed by atoms with Gasteiger partial charge in [-0.2, -0.15) is 4.98 Å². The van der Waals surface area contributed by atoms with Gasteiger partial charge in [0, 0.05) is 17.7 Å². The van der Waals surface area contributed by atoms with Gasteiger partial charge >= 0.3 is 13.3 Å². The van der Waals surface area contributed by atoms with Crippen LogP contribution in [0.1, 0.15) is 65.7 Å². The molecule has 3 unspecified atom stereocenters. The van der Waals surface area contributed by atoms with Crippen LogP contribution in [0.5, 0.6) is 0 Å². The number of anilines is 1. The molecule has 0 saturated carbocycles. The summed E-state index contributed by atoms with van der Waals surface area (Å²) in [4.78, 5) is 26.6. The maximum atomic E-state index is 13.0. The lowest BCUT2D eigenvalue weighted by Crippen LogP contribution is -2.47. The average molecular weight is 477 g/mol. The molecule has 2 rings (SSSR count). The van der Waals surface area contributed by atoms with Crippen molar-refractivity contribution in [1.29, 1.82) is 0 Å². The third-order valence-corrected chi connectivity index (χ3v) is 9.22. The average Bonchev–Trinajstić information content (AvgIpc) is 3.03. The van der Waals surface area contributed by atoms with E-state index in [1.165, 1.54) is 6.20 Å². The van der Waals surface area contributed by atoms with Crippen LogP contribution < -0.4 is 11.4 Å². The van der Waals surface area contributed by atoms with Gasteiger partial charge in [0.05, 0.1) is 11.7 Å². The Morgan fingerprint density at radius 1 is 1.28 bits per heavy atom. The standard InChI is InChI=1S/C20H36N3O8P/c1-7-19(6,31-32(28,29)20(27,8-2)9-3)12(5)15-13(24)14(25)17(30-15)23-10-11(4)16(21)22-18(23)26/h10,12-15,17,24-25,27H,7-9H2,1-6H3,(H,28,29)(H2,21,22,26)/t12?,13-,14+,15+,17+,19?/m0/s1. The van der Waals surface area contributed by atoms with Gasteiger partial charge in [-0.3, -0.25) is 13.7 Å². The van der Waals surface area contributed by atoms with Crippen LogP contribution in [0.3, 0.4) is 0 Å². The highest BCUT2D eigenvalue weighted by atomic mass is 31.2. The van der Waals surface area contributed by atoms with Crippen LogP contribution in [0, 0.1) is 12.8 Å². The number of aryl methyl sites for hydroxylation is 1. The number of nitrogens with zero attached hydrogens (tertiary/aromatic N) is 2. The van der Waals surface area contributed by atoms with Gasteiger partial charge in [0.15, 0.2) is 11.6 Å². The van der Waals surface area contributed by atoms with Crippen molar-refractivity contribution in [3.63, 3.8) is 0 Å². The van der Waals surface area contributed by atoms with E-state index in [1.807, 2.05) is 0 Å². The van der Waals surface area contributed by atoms with Crippen molar-refractivity contribution in [1.82, 2.24) is 9.55 Å². The van der Waals surface area contributed by atoms with Gasteiger partial charge in [0.1, 0.15) is 18.0 Å². The lowest BCUT2D eigenvalue weighted by atomic mass is 9.82. The van der Waals surface area contributed by atoms with Crippen molar-refractivity contribution >= 4 is 13.4 Å².